The van der Waals surface area contributed by atoms with Crippen molar-refractivity contribution >= 4 is 40.2 Å². The van der Waals surface area contributed by atoms with Crippen molar-refractivity contribution in [2.24, 2.45) is 4.99 Å². The summed E-state index contributed by atoms with van der Waals surface area (Å²) in [5, 5.41) is 0. The first kappa shape index (κ1) is 16.2. The van der Waals surface area contributed by atoms with Crippen LogP contribution in [0.2, 0.25) is 0 Å². The van der Waals surface area contributed by atoms with E-state index in [4.69, 9.17) is 0 Å². The number of anilines is 1. The second kappa shape index (κ2) is 6.11. The number of rotatable bonds is 2. The van der Waals surface area contributed by atoms with Crippen LogP contribution in [0.4, 0.5) is 11.4 Å². The number of benzene rings is 2. The molecule has 0 fully saturated rings. The largest absolute Gasteiger partial charge is 0.347 e. The van der Waals surface area contributed by atoms with Crippen LogP contribution in [0.5, 0.6) is 0 Å². The van der Waals surface area contributed by atoms with E-state index in [9.17, 15) is 0 Å². The fourth-order valence-electron chi connectivity index (χ4n) is 3.25. The number of halogens is 1. The van der Waals surface area contributed by atoms with Crippen LogP contribution in [-0.4, -0.2) is 13.3 Å². The van der Waals surface area contributed by atoms with Gasteiger partial charge in [-0.15, -0.1) is 0 Å². The fraction of sp³-hybridized carbons (Fsp3) is 0.250. The molecule has 0 bridgehead atoms. The van der Waals surface area contributed by atoms with Gasteiger partial charge >= 0.3 is 0 Å². The van der Waals surface area contributed by atoms with E-state index >= 15 is 0 Å². The summed E-state index contributed by atoms with van der Waals surface area (Å²) in [5.74, 6) is 0. The average Bonchev–Trinajstić information content (AvgIpc) is 2.70. The van der Waals surface area contributed by atoms with Crippen molar-refractivity contribution in [1.82, 2.24) is 0 Å². The number of hydrogen-bond donors (Lipinski definition) is 0. The van der Waals surface area contributed by atoms with Gasteiger partial charge in [0.1, 0.15) is 0 Å². The third kappa shape index (κ3) is 2.94. The van der Waals surface area contributed by atoms with Gasteiger partial charge in [-0.2, -0.15) is 0 Å². The summed E-state index contributed by atoms with van der Waals surface area (Å²) < 4.78 is 1.24. The zero-order valence-corrected chi connectivity index (χ0v) is 16.1. The Hall–Kier alpha value is -1.62. The number of para-hydroxylation sites is 1. The highest BCUT2D eigenvalue weighted by molar-refractivity contribution is 14.1. The Morgan fingerprint density at radius 3 is 2.57 bits per heavy atom. The molecule has 1 aliphatic heterocycles. The van der Waals surface area contributed by atoms with Gasteiger partial charge in [-0.05, 0) is 71.0 Å². The smallest absolute Gasteiger partial charge is 0.0659 e. The van der Waals surface area contributed by atoms with E-state index in [2.05, 4.69) is 109 Å². The predicted octanol–water partition coefficient (Wildman–Crippen LogP) is 5.61. The lowest BCUT2D eigenvalue weighted by molar-refractivity contribution is 0.641. The molecule has 0 saturated carbocycles. The second-order valence-electron chi connectivity index (χ2n) is 6.46. The number of allylic oxidation sites excluding steroid dienone is 2. The van der Waals surface area contributed by atoms with E-state index in [1.165, 1.54) is 26.1 Å². The third-order valence-electron chi connectivity index (χ3n) is 4.55. The second-order valence-corrected chi connectivity index (χ2v) is 7.71. The maximum atomic E-state index is 4.64. The monoisotopic (exact) mass is 416 g/mol. The SMILES string of the molecule is Cc1cc(I)ccc1N=C/C=C1/N(C)c2ccccc2C1(C)C. The summed E-state index contributed by atoms with van der Waals surface area (Å²) in [6.45, 7) is 6.64. The maximum Gasteiger partial charge on any atom is 0.0659 e. The number of fused-ring (bicyclic) bond motifs is 1. The Labute approximate surface area is 152 Å². The molecule has 3 heteroatoms. The molecule has 0 spiro atoms. The van der Waals surface area contributed by atoms with Gasteiger partial charge in [-0.25, -0.2) is 0 Å². The van der Waals surface area contributed by atoms with Crippen LogP contribution >= 0.6 is 22.6 Å². The first-order valence-corrected chi connectivity index (χ1v) is 8.83. The molecular formula is C20H21IN2. The minimum atomic E-state index is -0.00151. The van der Waals surface area contributed by atoms with Gasteiger partial charge in [-0.3, -0.25) is 4.99 Å². The van der Waals surface area contributed by atoms with Crippen molar-refractivity contribution in [3.63, 3.8) is 0 Å². The Balaban J connectivity index is 1.93. The average molecular weight is 416 g/mol. The van der Waals surface area contributed by atoms with Crippen LogP contribution in [0, 0.1) is 10.5 Å². The minimum absolute atomic E-state index is 0.00151. The zero-order chi connectivity index (χ0) is 16.6. The molecule has 0 aliphatic carbocycles. The fourth-order valence-corrected chi connectivity index (χ4v) is 3.90. The summed E-state index contributed by atoms with van der Waals surface area (Å²) in [4.78, 5) is 6.91. The van der Waals surface area contributed by atoms with E-state index in [-0.39, 0.29) is 5.41 Å². The topological polar surface area (TPSA) is 15.6 Å². The number of aryl methyl sites for hydroxylation is 1. The Morgan fingerprint density at radius 2 is 1.87 bits per heavy atom. The number of aliphatic imine (C=N–C) groups is 1. The van der Waals surface area contributed by atoms with Gasteiger partial charge in [-0.1, -0.05) is 32.0 Å². The molecule has 0 aromatic heterocycles. The molecule has 0 amide bonds. The predicted molar refractivity (Wildman–Crippen MR) is 108 cm³/mol. The Bertz CT molecular complexity index is 803. The van der Waals surface area contributed by atoms with E-state index in [0.29, 0.717) is 0 Å². The van der Waals surface area contributed by atoms with Gasteiger partial charge in [0.15, 0.2) is 0 Å². The molecule has 0 saturated heterocycles. The van der Waals surface area contributed by atoms with E-state index < -0.39 is 0 Å². The Kier molecular flexibility index (Phi) is 4.32. The molecule has 3 rings (SSSR count). The number of likely N-dealkylation sites (N-methyl/N-ethyl adjacent to an activating group) is 1. The van der Waals surface area contributed by atoms with Crippen LogP contribution in [0.25, 0.3) is 0 Å². The zero-order valence-electron chi connectivity index (χ0n) is 14.0. The summed E-state index contributed by atoms with van der Waals surface area (Å²) in [6.07, 6.45) is 4.06. The lowest BCUT2D eigenvalue weighted by Gasteiger charge is -2.23. The van der Waals surface area contributed by atoms with Gasteiger partial charge in [0, 0.05) is 33.6 Å². The van der Waals surface area contributed by atoms with E-state index in [1.807, 2.05) is 6.21 Å². The van der Waals surface area contributed by atoms with Crippen molar-refractivity contribution in [2.45, 2.75) is 26.2 Å². The highest BCUT2D eigenvalue weighted by atomic mass is 127. The van der Waals surface area contributed by atoms with Crippen LogP contribution < -0.4 is 4.90 Å². The summed E-state index contributed by atoms with van der Waals surface area (Å²) >= 11 is 2.33. The van der Waals surface area contributed by atoms with E-state index in [1.54, 1.807) is 0 Å². The lowest BCUT2D eigenvalue weighted by atomic mass is 9.84. The molecule has 1 heterocycles. The lowest BCUT2D eigenvalue weighted by Crippen LogP contribution is -2.23. The molecule has 1 aliphatic rings. The molecule has 23 heavy (non-hydrogen) atoms. The van der Waals surface area contributed by atoms with Gasteiger partial charge in [0.25, 0.3) is 0 Å². The van der Waals surface area contributed by atoms with Crippen molar-refractivity contribution in [3.8, 4) is 0 Å². The first-order valence-electron chi connectivity index (χ1n) is 7.75. The van der Waals surface area contributed by atoms with Gasteiger partial charge < -0.3 is 4.90 Å². The third-order valence-corrected chi connectivity index (χ3v) is 5.22. The first-order chi connectivity index (χ1) is 10.9. The normalized spacial score (nSPS) is 18.0. The number of nitrogens with zero attached hydrogens (tertiary/aromatic N) is 2. The summed E-state index contributed by atoms with van der Waals surface area (Å²) in [6, 6.07) is 14.9. The van der Waals surface area contributed by atoms with Crippen LogP contribution in [0.15, 0.2) is 59.2 Å². The highest BCUT2D eigenvalue weighted by Gasteiger charge is 2.37. The molecular weight excluding hydrogens is 395 g/mol. The molecule has 2 aromatic carbocycles. The van der Waals surface area contributed by atoms with Crippen LogP contribution in [-0.2, 0) is 5.41 Å². The molecule has 2 nitrogen and oxygen atoms in total. The van der Waals surface area contributed by atoms with Crippen LogP contribution in [0.1, 0.15) is 25.0 Å². The van der Waals surface area contributed by atoms with Gasteiger partial charge in [0.2, 0.25) is 0 Å². The highest BCUT2D eigenvalue weighted by Crippen LogP contribution is 2.46. The molecule has 0 atom stereocenters. The summed E-state index contributed by atoms with van der Waals surface area (Å²) in [7, 11) is 2.13. The van der Waals surface area contributed by atoms with Crippen molar-refractivity contribution in [2.75, 3.05) is 11.9 Å². The van der Waals surface area contributed by atoms with Gasteiger partial charge in [0.05, 0.1) is 5.69 Å². The molecule has 2 aromatic rings. The Morgan fingerprint density at radius 1 is 1.13 bits per heavy atom. The maximum absolute atomic E-state index is 4.64. The van der Waals surface area contributed by atoms with Crippen molar-refractivity contribution < 1.29 is 0 Å². The number of hydrogen-bond acceptors (Lipinski definition) is 2. The van der Waals surface area contributed by atoms with E-state index in [0.717, 1.165) is 5.69 Å². The minimum Gasteiger partial charge on any atom is -0.347 e. The summed E-state index contributed by atoms with van der Waals surface area (Å²) in [5.41, 5.74) is 6.14. The van der Waals surface area contributed by atoms with Crippen molar-refractivity contribution in [1.29, 1.82) is 0 Å². The molecule has 0 unspecified atom stereocenters. The molecule has 0 radical (unpaired) electrons. The molecule has 118 valence electrons. The molecule has 0 N–H and O–H groups in total. The van der Waals surface area contributed by atoms with Crippen LogP contribution in [0.3, 0.4) is 0 Å². The quantitative estimate of drug-likeness (QED) is 0.459. The van der Waals surface area contributed by atoms with Crippen molar-refractivity contribution in [3.05, 3.63) is 68.9 Å². The standard InChI is InChI=1S/C20H21IN2/c1-14-13-15(21)9-10-17(14)22-12-11-19-20(2,3)16-7-5-6-8-18(16)23(19)4/h5-13H,1-4H3/b19-11+,22-12?.